The lowest BCUT2D eigenvalue weighted by molar-refractivity contribution is 0.0522. The highest BCUT2D eigenvalue weighted by atomic mass is 16.6. The molecule has 1 rings (SSSR count). The van der Waals surface area contributed by atoms with Crippen LogP contribution in [0.5, 0.6) is 0 Å². The van der Waals surface area contributed by atoms with E-state index in [-0.39, 0.29) is 12.1 Å². The number of hydrogen-bond acceptors (Lipinski definition) is 5. The third kappa shape index (κ3) is 7.96. The largest absolute Gasteiger partial charge is 0.444 e. The van der Waals surface area contributed by atoms with Gasteiger partial charge in [-0.25, -0.2) is 4.79 Å². The molecule has 130 valence electrons. The maximum atomic E-state index is 11.6. The predicted octanol–water partition coefficient (Wildman–Crippen LogP) is 1.26. The van der Waals surface area contributed by atoms with Gasteiger partial charge in [0.15, 0.2) is 0 Å². The van der Waals surface area contributed by atoms with Gasteiger partial charge in [-0.15, -0.1) is 0 Å². The van der Waals surface area contributed by atoms with E-state index in [1.807, 2.05) is 20.8 Å². The molecule has 3 N–H and O–H groups in total. The summed E-state index contributed by atoms with van der Waals surface area (Å²) < 4.78 is 5.23. The SMILES string of the molecule is CN(CCN1CCCC1)C(CN)CCNC(=O)OC(C)(C)C. The summed E-state index contributed by atoms with van der Waals surface area (Å²) in [6.07, 6.45) is 3.13. The van der Waals surface area contributed by atoms with Crippen molar-refractivity contribution in [3.63, 3.8) is 0 Å². The Bertz CT molecular complexity index is 325. The molecule has 0 bridgehead atoms. The summed E-state index contributed by atoms with van der Waals surface area (Å²) in [6, 6.07) is 0.289. The summed E-state index contributed by atoms with van der Waals surface area (Å²) in [4.78, 5) is 16.4. The lowest BCUT2D eigenvalue weighted by Crippen LogP contribution is -2.44. The number of carbonyl (C=O) groups is 1. The van der Waals surface area contributed by atoms with Crippen LogP contribution in [-0.2, 0) is 4.74 Å². The summed E-state index contributed by atoms with van der Waals surface area (Å²) in [5, 5.41) is 2.80. The fraction of sp³-hybridized carbons (Fsp3) is 0.938. The summed E-state index contributed by atoms with van der Waals surface area (Å²) in [7, 11) is 2.11. The van der Waals surface area contributed by atoms with Crippen LogP contribution in [0.2, 0.25) is 0 Å². The zero-order valence-electron chi connectivity index (χ0n) is 14.7. The predicted molar refractivity (Wildman–Crippen MR) is 90.0 cm³/mol. The van der Waals surface area contributed by atoms with Crippen LogP contribution in [0.4, 0.5) is 4.79 Å². The van der Waals surface area contributed by atoms with E-state index >= 15 is 0 Å². The lowest BCUT2D eigenvalue weighted by atomic mass is 10.2. The molecule has 0 radical (unpaired) electrons. The average molecular weight is 314 g/mol. The van der Waals surface area contributed by atoms with Crippen molar-refractivity contribution in [2.45, 2.75) is 51.7 Å². The Morgan fingerprint density at radius 1 is 1.36 bits per heavy atom. The van der Waals surface area contributed by atoms with Gasteiger partial charge in [0, 0.05) is 32.2 Å². The van der Waals surface area contributed by atoms with Crippen molar-refractivity contribution in [2.24, 2.45) is 5.73 Å². The van der Waals surface area contributed by atoms with E-state index in [9.17, 15) is 4.79 Å². The van der Waals surface area contributed by atoms with Crippen LogP contribution in [0.3, 0.4) is 0 Å². The molecule has 0 spiro atoms. The summed E-state index contributed by atoms with van der Waals surface area (Å²) in [6.45, 7) is 11.4. The molecule has 6 nitrogen and oxygen atoms in total. The van der Waals surface area contributed by atoms with Crippen LogP contribution in [0, 0.1) is 0 Å². The Morgan fingerprint density at radius 3 is 2.55 bits per heavy atom. The summed E-state index contributed by atoms with van der Waals surface area (Å²) in [5.41, 5.74) is 5.42. The summed E-state index contributed by atoms with van der Waals surface area (Å²) in [5.74, 6) is 0. The number of likely N-dealkylation sites (tertiary alicyclic amines) is 1. The van der Waals surface area contributed by atoms with Crippen molar-refractivity contribution in [1.29, 1.82) is 0 Å². The first-order chi connectivity index (χ1) is 10.3. The van der Waals surface area contributed by atoms with Gasteiger partial charge in [0.05, 0.1) is 0 Å². The topological polar surface area (TPSA) is 70.8 Å². The molecule has 1 atom stereocenters. The smallest absolute Gasteiger partial charge is 0.407 e. The van der Waals surface area contributed by atoms with Crippen molar-refractivity contribution < 1.29 is 9.53 Å². The monoisotopic (exact) mass is 314 g/mol. The molecule has 0 aliphatic carbocycles. The molecule has 0 saturated carbocycles. The molecule has 22 heavy (non-hydrogen) atoms. The molecule has 6 heteroatoms. The minimum Gasteiger partial charge on any atom is -0.444 e. The Balaban J connectivity index is 2.21. The van der Waals surface area contributed by atoms with E-state index in [2.05, 4.69) is 22.2 Å². The van der Waals surface area contributed by atoms with Gasteiger partial charge >= 0.3 is 6.09 Å². The Hall–Kier alpha value is -0.850. The number of rotatable bonds is 8. The number of amides is 1. The number of likely N-dealkylation sites (N-methyl/N-ethyl adjacent to an activating group) is 1. The average Bonchev–Trinajstić information content (AvgIpc) is 2.92. The zero-order chi connectivity index (χ0) is 16.6. The first kappa shape index (κ1) is 19.2. The van der Waals surface area contributed by atoms with Crippen molar-refractivity contribution in [1.82, 2.24) is 15.1 Å². The molecular formula is C16H34N4O2. The summed E-state index contributed by atoms with van der Waals surface area (Å²) >= 11 is 0. The number of nitrogens with zero attached hydrogens (tertiary/aromatic N) is 2. The molecule has 1 amide bonds. The molecule has 1 aliphatic rings. The molecule has 1 fully saturated rings. The number of ether oxygens (including phenoxy) is 1. The van der Waals surface area contributed by atoms with E-state index < -0.39 is 5.60 Å². The number of nitrogens with one attached hydrogen (secondary N) is 1. The standard InChI is InChI=1S/C16H34N4O2/c1-16(2,3)22-15(21)18-8-7-14(13-17)19(4)11-12-20-9-5-6-10-20/h14H,5-13,17H2,1-4H3,(H,18,21). The van der Waals surface area contributed by atoms with Crippen molar-refractivity contribution in [2.75, 3.05) is 46.3 Å². The van der Waals surface area contributed by atoms with Crippen LogP contribution < -0.4 is 11.1 Å². The molecular weight excluding hydrogens is 280 g/mol. The fourth-order valence-electron chi connectivity index (χ4n) is 2.66. The van der Waals surface area contributed by atoms with Crippen LogP contribution >= 0.6 is 0 Å². The number of alkyl carbamates (subject to hydrolysis) is 1. The lowest BCUT2D eigenvalue weighted by Gasteiger charge is -2.29. The highest BCUT2D eigenvalue weighted by molar-refractivity contribution is 5.67. The van der Waals surface area contributed by atoms with Crippen molar-refractivity contribution >= 4 is 6.09 Å². The van der Waals surface area contributed by atoms with Gasteiger partial charge in [-0.3, -0.25) is 0 Å². The van der Waals surface area contributed by atoms with Crippen LogP contribution in [0.25, 0.3) is 0 Å². The van der Waals surface area contributed by atoms with Gasteiger partial charge < -0.3 is 25.6 Å². The van der Waals surface area contributed by atoms with E-state index in [1.54, 1.807) is 0 Å². The minimum atomic E-state index is -0.454. The molecule has 0 aromatic heterocycles. The molecule has 0 aromatic carbocycles. The maximum Gasteiger partial charge on any atom is 0.407 e. The zero-order valence-corrected chi connectivity index (χ0v) is 14.7. The number of nitrogens with two attached hydrogens (primary N) is 1. The fourth-order valence-corrected chi connectivity index (χ4v) is 2.66. The van der Waals surface area contributed by atoms with Crippen LogP contribution in [-0.4, -0.2) is 73.9 Å². The molecule has 0 aromatic rings. The van der Waals surface area contributed by atoms with Gasteiger partial charge in [-0.1, -0.05) is 0 Å². The molecule has 1 saturated heterocycles. The first-order valence-electron chi connectivity index (χ1n) is 8.41. The molecule has 1 aliphatic heterocycles. The second-order valence-corrected chi connectivity index (χ2v) is 7.14. The van der Waals surface area contributed by atoms with E-state index in [4.69, 9.17) is 10.5 Å². The molecule has 1 unspecified atom stereocenters. The van der Waals surface area contributed by atoms with Crippen molar-refractivity contribution in [3.05, 3.63) is 0 Å². The first-order valence-corrected chi connectivity index (χ1v) is 8.41. The second kappa shape index (κ2) is 9.33. The third-order valence-corrected chi connectivity index (χ3v) is 4.01. The van der Waals surface area contributed by atoms with E-state index in [0.29, 0.717) is 13.1 Å². The second-order valence-electron chi connectivity index (χ2n) is 7.14. The maximum absolute atomic E-state index is 11.6. The normalized spacial score (nSPS) is 17.7. The minimum absolute atomic E-state index is 0.289. The van der Waals surface area contributed by atoms with Crippen LogP contribution in [0.1, 0.15) is 40.0 Å². The van der Waals surface area contributed by atoms with Gasteiger partial charge in [0.1, 0.15) is 5.60 Å². The Labute approximate surface area is 135 Å². The quantitative estimate of drug-likeness (QED) is 0.706. The Morgan fingerprint density at radius 2 is 2.00 bits per heavy atom. The van der Waals surface area contributed by atoms with Gasteiger partial charge in [0.2, 0.25) is 0 Å². The van der Waals surface area contributed by atoms with Crippen molar-refractivity contribution in [3.8, 4) is 0 Å². The van der Waals surface area contributed by atoms with Gasteiger partial charge in [0.25, 0.3) is 0 Å². The highest BCUT2D eigenvalue weighted by Gasteiger charge is 2.18. The van der Waals surface area contributed by atoms with Gasteiger partial charge in [-0.05, 0) is 60.2 Å². The highest BCUT2D eigenvalue weighted by Crippen LogP contribution is 2.08. The van der Waals surface area contributed by atoms with E-state index in [0.717, 1.165) is 19.5 Å². The van der Waals surface area contributed by atoms with E-state index in [1.165, 1.54) is 25.9 Å². The molecule has 1 heterocycles. The Kier molecular flexibility index (Phi) is 8.14. The van der Waals surface area contributed by atoms with Crippen LogP contribution in [0.15, 0.2) is 0 Å². The third-order valence-electron chi connectivity index (χ3n) is 4.01. The number of hydrogen-bond donors (Lipinski definition) is 2. The van der Waals surface area contributed by atoms with Gasteiger partial charge in [-0.2, -0.15) is 0 Å². The number of carbonyl (C=O) groups excluding carboxylic acids is 1.